The number of carbonyl (C=O) groups is 1. The van der Waals surface area contributed by atoms with Gasteiger partial charge in [-0.25, -0.2) is 4.98 Å². The van der Waals surface area contributed by atoms with E-state index in [1.54, 1.807) is 14.2 Å². The number of hydrogen-bond acceptors (Lipinski definition) is 6. The van der Waals surface area contributed by atoms with Gasteiger partial charge in [0.05, 0.1) is 26.0 Å². The van der Waals surface area contributed by atoms with Crippen LogP contribution in [0.2, 0.25) is 0 Å². The van der Waals surface area contributed by atoms with Crippen molar-refractivity contribution in [3.8, 4) is 11.5 Å². The van der Waals surface area contributed by atoms with Gasteiger partial charge in [-0.3, -0.25) is 9.78 Å². The fourth-order valence-electron chi connectivity index (χ4n) is 2.08. The largest absolute Gasteiger partial charge is 0.493 e. The topological polar surface area (TPSA) is 82.6 Å². The molecule has 0 aliphatic heterocycles. The molecular weight excluding hydrogens is 310 g/mol. The van der Waals surface area contributed by atoms with E-state index in [4.69, 9.17) is 14.2 Å². The van der Waals surface area contributed by atoms with Gasteiger partial charge >= 0.3 is 0 Å². The summed E-state index contributed by atoms with van der Waals surface area (Å²) < 4.78 is 15.9. The highest BCUT2D eigenvalue weighted by Gasteiger charge is 2.15. The SMILES string of the molecule is COCCOc1ccc([C@H](C)NC(=O)c2cnccn2)cc1OC. The first kappa shape index (κ1) is 17.7. The van der Waals surface area contributed by atoms with Gasteiger partial charge in [0.1, 0.15) is 12.3 Å². The molecule has 0 bridgehead atoms. The lowest BCUT2D eigenvalue weighted by Gasteiger charge is -2.17. The lowest BCUT2D eigenvalue weighted by Crippen LogP contribution is -2.27. The highest BCUT2D eigenvalue weighted by Crippen LogP contribution is 2.30. The van der Waals surface area contributed by atoms with E-state index in [1.165, 1.54) is 18.6 Å². The predicted molar refractivity (Wildman–Crippen MR) is 88.3 cm³/mol. The van der Waals surface area contributed by atoms with Crippen molar-refractivity contribution in [2.45, 2.75) is 13.0 Å². The Morgan fingerprint density at radius 3 is 2.71 bits per heavy atom. The normalized spacial score (nSPS) is 11.6. The second-order valence-electron chi connectivity index (χ2n) is 5.04. The number of carbonyl (C=O) groups excluding carboxylic acids is 1. The Morgan fingerprint density at radius 1 is 1.21 bits per heavy atom. The van der Waals surface area contributed by atoms with Gasteiger partial charge in [0.25, 0.3) is 5.91 Å². The molecule has 1 N–H and O–H groups in total. The van der Waals surface area contributed by atoms with Crippen LogP contribution >= 0.6 is 0 Å². The molecule has 0 fully saturated rings. The minimum absolute atomic E-state index is 0.221. The van der Waals surface area contributed by atoms with Gasteiger partial charge in [-0.2, -0.15) is 0 Å². The van der Waals surface area contributed by atoms with Crippen molar-refractivity contribution in [2.24, 2.45) is 0 Å². The first-order valence-electron chi connectivity index (χ1n) is 7.52. The van der Waals surface area contributed by atoms with Crippen LogP contribution in [-0.2, 0) is 4.74 Å². The number of nitrogens with zero attached hydrogens (tertiary/aromatic N) is 2. The van der Waals surface area contributed by atoms with E-state index in [2.05, 4.69) is 15.3 Å². The Bertz CT molecular complexity index is 664. The molecule has 2 rings (SSSR count). The lowest BCUT2D eigenvalue weighted by molar-refractivity contribution is 0.0934. The van der Waals surface area contributed by atoms with E-state index in [-0.39, 0.29) is 17.6 Å². The maximum absolute atomic E-state index is 12.1. The average molecular weight is 331 g/mol. The molecule has 1 atom stereocenters. The molecule has 0 radical (unpaired) electrons. The van der Waals surface area contributed by atoms with Crippen molar-refractivity contribution in [2.75, 3.05) is 27.4 Å². The first-order valence-corrected chi connectivity index (χ1v) is 7.52. The van der Waals surface area contributed by atoms with Crippen LogP contribution in [0.1, 0.15) is 29.0 Å². The summed E-state index contributed by atoms with van der Waals surface area (Å²) in [6.07, 6.45) is 4.43. The molecule has 24 heavy (non-hydrogen) atoms. The number of benzene rings is 1. The van der Waals surface area contributed by atoms with Gasteiger partial charge in [-0.05, 0) is 24.6 Å². The maximum atomic E-state index is 12.1. The number of amides is 1. The Kier molecular flexibility index (Phi) is 6.51. The number of nitrogens with one attached hydrogen (secondary N) is 1. The summed E-state index contributed by atoms with van der Waals surface area (Å²) in [4.78, 5) is 20.0. The number of rotatable bonds is 8. The van der Waals surface area contributed by atoms with Gasteiger partial charge in [0.15, 0.2) is 11.5 Å². The van der Waals surface area contributed by atoms with Crippen molar-refractivity contribution >= 4 is 5.91 Å². The molecule has 1 aromatic heterocycles. The molecule has 1 amide bonds. The van der Waals surface area contributed by atoms with Gasteiger partial charge in [0, 0.05) is 19.5 Å². The highest BCUT2D eigenvalue weighted by atomic mass is 16.5. The van der Waals surface area contributed by atoms with Crippen molar-refractivity contribution in [3.63, 3.8) is 0 Å². The molecule has 0 unspecified atom stereocenters. The van der Waals surface area contributed by atoms with Gasteiger partial charge in [-0.15, -0.1) is 0 Å². The second kappa shape index (κ2) is 8.83. The summed E-state index contributed by atoms with van der Waals surface area (Å²) in [7, 11) is 3.19. The van der Waals surface area contributed by atoms with Crippen LogP contribution < -0.4 is 14.8 Å². The van der Waals surface area contributed by atoms with Crippen LogP contribution in [0, 0.1) is 0 Å². The maximum Gasteiger partial charge on any atom is 0.271 e. The van der Waals surface area contributed by atoms with E-state index < -0.39 is 0 Å². The number of ether oxygens (including phenoxy) is 3. The first-order chi connectivity index (χ1) is 11.7. The van der Waals surface area contributed by atoms with Crippen LogP contribution in [0.5, 0.6) is 11.5 Å². The molecular formula is C17H21N3O4. The highest BCUT2D eigenvalue weighted by molar-refractivity contribution is 5.92. The van der Waals surface area contributed by atoms with Crippen molar-refractivity contribution < 1.29 is 19.0 Å². The zero-order valence-electron chi connectivity index (χ0n) is 14.0. The van der Waals surface area contributed by atoms with E-state index in [1.807, 2.05) is 25.1 Å². The quantitative estimate of drug-likeness (QED) is 0.745. The lowest BCUT2D eigenvalue weighted by atomic mass is 10.1. The minimum Gasteiger partial charge on any atom is -0.493 e. The summed E-state index contributed by atoms with van der Waals surface area (Å²) in [5.41, 5.74) is 1.17. The molecule has 0 aliphatic carbocycles. The molecule has 0 spiro atoms. The molecule has 2 aromatic rings. The van der Waals surface area contributed by atoms with Gasteiger partial charge in [0.2, 0.25) is 0 Å². The van der Waals surface area contributed by atoms with Crippen LogP contribution in [0.4, 0.5) is 0 Å². The van der Waals surface area contributed by atoms with Crippen LogP contribution in [0.15, 0.2) is 36.8 Å². The predicted octanol–water partition coefficient (Wildman–Crippen LogP) is 2.00. The third kappa shape index (κ3) is 4.66. The summed E-state index contributed by atoms with van der Waals surface area (Å²) in [6.45, 7) is 2.81. The number of hydrogen-bond donors (Lipinski definition) is 1. The van der Waals surface area contributed by atoms with Crippen LogP contribution in [0.25, 0.3) is 0 Å². The van der Waals surface area contributed by atoms with Crippen molar-refractivity contribution in [1.82, 2.24) is 15.3 Å². The Balaban J connectivity index is 2.06. The Hall–Kier alpha value is -2.67. The summed E-state index contributed by atoms with van der Waals surface area (Å²) in [5.74, 6) is 0.949. The molecule has 1 heterocycles. The average Bonchev–Trinajstić information content (AvgIpc) is 2.62. The van der Waals surface area contributed by atoms with Crippen LogP contribution in [-0.4, -0.2) is 43.3 Å². The van der Waals surface area contributed by atoms with Crippen molar-refractivity contribution in [1.29, 1.82) is 0 Å². The van der Waals surface area contributed by atoms with E-state index in [0.29, 0.717) is 24.7 Å². The molecule has 7 heteroatoms. The standard InChI is InChI=1S/C17H21N3O4/c1-12(20-17(21)14-11-18-6-7-19-14)13-4-5-15(16(10-13)23-3)24-9-8-22-2/h4-7,10-12H,8-9H2,1-3H3,(H,20,21)/t12-/m0/s1. The second-order valence-corrected chi connectivity index (χ2v) is 5.04. The summed E-state index contributed by atoms with van der Waals surface area (Å²) in [6, 6.07) is 5.31. The number of aromatic nitrogens is 2. The summed E-state index contributed by atoms with van der Waals surface area (Å²) >= 11 is 0. The Labute approximate surface area is 141 Å². The number of methoxy groups -OCH3 is 2. The van der Waals surface area contributed by atoms with E-state index in [0.717, 1.165) is 5.56 Å². The summed E-state index contributed by atoms with van der Waals surface area (Å²) in [5, 5.41) is 2.88. The minimum atomic E-state index is -0.282. The van der Waals surface area contributed by atoms with E-state index >= 15 is 0 Å². The van der Waals surface area contributed by atoms with E-state index in [9.17, 15) is 4.79 Å². The fourth-order valence-corrected chi connectivity index (χ4v) is 2.08. The van der Waals surface area contributed by atoms with Gasteiger partial charge < -0.3 is 19.5 Å². The van der Waals surface area contributed by atoms with Crippen molar-refractivity contribution in [3.05, 3.63) is 48.0 Å². The molecule has 1 aromatic carbocycles. The monoisotopic (exact) mass is 331 g/mol. The third-order valence-electron chi connectivity index (χ3n) is 3.38. The molecule has 0 aliphatic rings. The molecule has 128 valence electrons. The molecule has 7 nitrogen and oxygen atoms in total. The smallest absolute Gasteiger partial charge is 0.271 e. The van der Waals surface area contributed by atoms with Gasteiger partial charge in [-0.1, -0.05) is 6.07 Å². The third-order valence-corrected chi connectivity index (χ3v) is 3.38. The molecule has 0 saturated heterocycles. The molecule has 0 saturated carbocycles. The zero-order valence-corrected chi connectivity index (χ0v) is 14.0. The Morgan fingerprint density at radius 2 is 2.04 bits per heavy atom. The van der Waals surface area contributed by atoms with Crippen LogP contribution in [0.3, 0.4) is 0 Å². The fraction of sp³-hybridized carbons (Fsp3) is 0.353. The zero-order chi connectivity index (χ0) is 17.4.